The Kier molecular flexibility index (Phi) is 3.60. The van der Waals surface area contributed by atoms with Gasteiger partial charge in [0.15, 0.2) is 0 Å². The van der Waals surface area contributed by atoms with Crippen molar-refractivity contribution in [1.29, 1.82) is 0 Å². The summed E-state index contributed by atoms with van der Waals surface area (Å²) < 4.78 is 13.4. The van der Waals surface area contributed by atoms with Crippen LogP contribution in [0.2, 0.25) is 0 Å². The van der Waals surface area contributed by atoms with Gasteiger partial charge in [-0.05, 0) is 30.2 Å². The molecule has 0 aliphatic carbocycles. The summed E-state index contributed by atoms with van der Waals surface area (Å²) in [6.07, 6.45) is 0.117. The number of benzene rings is 1. The lowest BCUT2D eigenvalue weighted by atomic mass is 10.1. The SMILES string of the molecule is N[C@@H](Cc1cc(F)cc(Br)c1)C(=O)O. The van der Waals surface area contributed by atoms with Crippen molar-refractivity contribution in [3.63, 3.8) is 0 Å². The highest BCUT2D eigenvalue weighted by molar-refractivity contribution is 9.10. The fourth-order valence-corrected chi connectivity index (χ4v) is 1.58. The minimum absolute atomic E-state index is 0.117. The summed E-state index contributed by atoms with van der Waals surface area (Å²) >= 11 is 3.11. The zero-order valence-electron chi connectivity index (χ0n) is 7.21. The number of carboxylic acids is 1. The van der Waals surface area contributed by atoms with Crippen LogP contribution in [-0.2, 0) is 11.2 Å². The van der Waals surface area contributed by atoms with Crippen LogP contribution < -0.4 is 5.73 Å². The number of carboxylic acid groups (broad SMARTS) is 1. The van der Waals surface area contributed by atoms with Crippen LogP contribution in [-0.4, -0.2) is 17.1 Å². The molecular weight excluding hydrogens is 253 g/mol. The molecule has 3 N–H and O–H groups in total. The largest absolute Gasteiger partial charge is 0.480 e. The standard InChI is InChI=1S/C9H9BrFNO2/c10-6-1-5(2-7(11)4-6)3-8(12)9(13)14/h1-2,4,8H,3,12H2,(H,13,14)/t8-/m0/s1. The molecule has 1 rings (SSSR count). The first-order chi connectivity index (χ1) is 6.49. The molecule has 1 aromatic carbocycles. The molecule has 0 amide bonds. The van der Waals surface area contributed by atoms with Crippen LogP contribution in [0, 0.1) is 5.82 Å². The van der Waals surface area contributed by atoms with E-state index in [1.165, 1.54) is 12.1 Å². The summed E-state index contributed by atoms with van der Waals surface area (Å²) in [5, 5.41) is 8.55. The highest BCUT2D eigenvalue weighted by atomic mass is 79.9. The van der Waals surface area contributed by atoms with Gasteiger partial charge in [-0.3, -0.25) is 4.79 Å². The van der Waals surface area contributed by atoms with Crippen LogP contribution in [0.4, 0.5) is 4.39 Å². The predicted molar refractivity (Wildman–Crippen MR) is 53.4 cm³/mol. The molecule has 0 radical (unpaired) electrons. The van der Waals surface area contributed by atoms with Crippen molar-refractivity contribution in [3.05, 3.63) is 34.1 Å². The maximum absolute atomic E-state index is 12.9. The third-order valence-electron chi connectivity index (χ3n) is 1.70. The Balaban J connectivity index is 2.81. The maximum atomic E-state index is 12.9. The molecule has 76 valence electrons. The van der Waals surface area contributed by atoms with Gasteiger partial charge >= 0.3 is 5.97 Å². The van der Waals surface area contributed by atoms with Crippen molar-refractivity contribution in [2.24, 2.45) is 5.73 Å². The lowest BCUT2D eigenvalue weighted by Gasteiger charge is -2.06. The third kappa shape index (κ3) is 3.08. The molecule has 0 fully saturated rings. The van der Waals surface area contributed by atoms with E-state index in [0.717, 1.165) is 0 Å². The van der Waals surface area contributed by atoms with Crippen LogP contribution in [0.1, 0.15) is 5.56 Å². The summed E-state index contributed by atoms with van der Waals surface area (Å²) in [5.41, 5.74) is 5.87. The Bertz CT molecular complexity index is 336. The van der Waals surface area contributed by atoms with E-state index in [2.05, 4.69) is 15.9 Å². The molecule has 0 bridgehead atoms. The Morgan fingerprint density at radius 2 is 2.21 bits per heavy atom. The Labute approximate surface area is 88.9 Å². The monoisotopic (exact) mass is 261 g/mol. The maximum Gasteiger partial charge on any atom is 0.320 e. The van der Waals surface area contributed by atoms with Gasteiger partial charge in [-0.25, -0.2) is 4.39 Å². The van der Waals surface area contributed by atoms with Crippen LogP contribution >= 0.6 is 15.9 Å². The first kappa shape index (κ1) is 11.1. The second-order valence-corrected chi connectivity index (χ2v) is 3.84. The van der Waals surface area contributed by atoms with Crippen LogP contribution in [0.15, 0.2) is 22.7 Å². The number of rotatable bonds is 3. The third-order valence-corrected chi connectivity index (χ3v) is 2.15. The fraction of sp³-hybridized carbons (Fsp3) is 0.222. The van der Waals surface area contributed by atoms with Gasteiger partial charge in [0.1, 0.15) is 11.9 Å². The van der Waals surface area contributed by atoms with E-state index in [0.29, 0.717) is 10.0 Å². The molecule has 14 heavy (non-hydrogen) atoms. The first-order valence-corrected chi connectivity index (χ1v) is 4.71. The number of hydrogen-bond donors (Lipinski definition) is 2. The topological polar surface area (TPSA) is 63.3 Å². The Morgan fingerprint density at radius 3 is 2.71 bits per heavy atom. The van der Waals surface area contributed by atoms with Crippen molar-refractivity contribution in [2.45, 2.75) is 12.5 Å². The van der Waals surface area contributed by atoms with Gasteiger partial charge < -0.3 is 10.8 Å². The fourth-order valence-electron chi connectivity index (χ4n) is 1.07. The number of hydrogen-bond acceptors (Lipinski definition) is 2. The van der Waals surface area contributed by atoms with Crippen molar-refractivity contribution in [2.75, 3.05) is 0 Å². The molecule has 5 heteroatoms. The van der Waals surface area contributed by atoms with E-state index in [9.17, 15) is 9.18 Å². The average molecular weight is 262 g/mol. The molecule has 1 atom stereocenters. The molecule has 0 aromatic heterocycles. The summed E-state index contributed by atoms with van der Waals surface area (Å²) in [7, 11) is 0. The van der Waals surface area contributed by atoms with E-state index >= 15 is 0 Å². The van der Waals surface area contributed by atoms with Gasteiger partial charge in [0.05, 0.1) is 0 Å². The molecule has 3 nitrogen and oxygen atoms in total. The molecule has 0 saturated carbocycles. The van der Waals surface area contributed by atoms with E-state index in [-0.39, 0.29) is 6.42 Å². The van der Waals surface area contributed by atoms with Crippen molar-refractivity contribution < 1.29 is 14.3 Å². The Morgan fingerprint density at radius 1 is 1.57 bits per heavy atom. The predicted octanol–water partition coefficient (Wildman–Crippen LogP) is 1.54. The summed E-state index contributed by atoms with van der Waals surface area (Å²) in [6, 6.07) is 3.22. The molecule has 0 aliphatic rings. The zero-order chi connectivity index (χ0) is 10.7. The van der Waals surface area contributed by atoms with E-state index in [1.54, 1.807) is 6.07 Å². The highest BCUT2D eigenvalue weighted by Gasteiger charge is 2.12. The van der Waals surface area contributed by atoms with Gasteiger partial charge in [-0.15, -0.1) is 0 Å². The minimum Gasteiger partial charge on any atom is -0.480 e. The van der Waals surface area contributed by atoms with Crippen molar-refractivity contribution >= 4 is 21.9 Å². The van der Waals surface area contributed by atoms with Gasteiger partial charge in [0.25, 0.3) is 0 Å². The highest BCUT2D eigenvalue weighted by Crippen LogP contribution is 2.15. The lowest BCUT2D eigenvalue weighted by Crippen LogP contribution is -2.32. The molecule has 0 spiro atoms. The van der Waals surface area contributed by atoms with Gasteiger partial charge in [0, 0.05) is 4.47 Å². The number of carbonyl (C=O) groups is 1. The molecule has 0 unspecified atom stereocenters. The molecular formula is C9H9BrFNO2. The molecule has 1 aromatic rings. The Hall–Kier alpha value is -0.940. The molecule has 0 aliphatic heterocycles. The molecule has 0 saturated heterocycles. The zero-order valence-corrected chi connectivity index (χ0v) is 8.79. The van der Waals surface area contributed by atoms with Crippen LogP contribution in [0.5, 0.6) is 0 Å². The van der Waals surface area contributed by atoms with E-state index in [4.69, 9.17) is 10.8 Å². The summed E-state index contributed by atoms with van der Waals surface area (Å²) in [5.74, 6) is -1.50. The summed E-state index contributed by atoms with van der Waals surface area (Å²) in [6.45, 7) is 0. The van der Waals surface area contributed by atoms with E-state index in [1.807, 2.05) is 0 Å². The van der Waals surface area contributed by atoms with Gasteiger partial charge in [-0.1, -0.05) is 15.9 Å². The number of aliphatic carboxylic acids is 1. The lowest BCUT2D eigenvalue weighted by molar-refractivity contribution is -0.138. The van der Waals surface area contributed by atoms with Crippen molar-refractivity contribution in [1.82, 2.24) is 0 Å². The van der Waals surface area contributed by atoms with Gasteiger partial charge in [0.2, 0.25) is 0 Å². The molecule has 0 heterocycles. The van der Waals surface area contributed by atoms with Crippen molar-refractivity contribution in [3.8, 4) is 0 Å². The number of halogens is 2. The van der Waals surface area contributed by atoms with Crippen LogP contribution in [0.3, 0.4) is 0 Å². The summed E-state index contributed by atoms with van der Waals surface area (Å²) in [4.78, 5) is 10.4. The minimum atomic E-state index is -1.09. The number of nitrogens with two attached hydrogens (primary N) is 1. The smallest absolute Gasteiger partial charge is 0.320 e. The average Bonchev–Trinajstić information content (AvgIpc) is 2.01. The normalized spacial score (nSPS) is 12.5. The quantitative estimate of drug-likeness (QED) is 0.868. The second-order valence-electron chi connectivity index (χ2n) is 2.93. The van der Waals surface area contributed by atoms with Gasteiger partial charge in [-0.2, -0.15) is 0 Å². The van der Waals surface area contributed by atoms with E-state index < -0.39 is 17.8 Å². The van der Waals surface area contributed by atoms with Crippen LogP contribution in [0.25, 0.3) is 0 Å². The first-order valence-electron chi connectivity index (χ1n) is 3.92. The second kappa shape index (κ2) is 4.52.